The first-order valence-electron chi connectivity index (χ1n) is 7.81. The monoisotopic (exact) mass is 329 g/mol. The molecule has 0 aliphatic heterocycles. The minimum absolute atomic E-state index is 0.0683. The Morgan fingerprint density at radius 2 is 1.71 bits per heavy atom. The maximum absolute atomic E-state index is 11.3. The molecule has 128 valence electrons. The lowest BCUT2D eigenvalue weighted by Gasteiger charge is -2.17. The predicted molar refractivity (Wildman–Crippen MR) is 92.8 cm³/mol. The highest BCUT2D eigenvalue weighted by Gasteiger charge is 2.15. The number of ether oxygens (including phenoxy) is 3. The number of Topliss-reactive ketones (excluding diaryl/α,β-unsaturated/α-hetero) is 1. The van der Waals surface area contributed by atoms with Crippen LogP contribution in [0.4, 0.5) is 0 Å². The number of hydrogen-bond donors (Lipinski definition) is 1. The van der Waals surface area contributed by atoms with E-state index in [1.807, 2.05) is 49.4 Å². The molecule has 2 N–H and O–H groups in total. The molecule has 0 radical (unpaired) electrons. The fraction of sp³-hybridized carbons (Fsp3) is 0.316. The molecule has 0 heterocycles. The average molecular weight is 329 g/mol. The van der Waals surface area contributed by atoms with E-state index in [-0.39, 0.29) is 18.4 Å². The highest BCUT2D eigenvalue weighted by atomic mass is 16.5. The van der Waals surface area contributed by atoms with Crippen molar-refractivity contribution >= 4 is 5.78 Å². The maximum atomic E-state index is 11.3. The van der Waals surface area contributed by atoms with Crippen LogP contribution in [0.1, 0.15) is 30.5 Å². The van der Waals surface area contributed by atoms with Gasteiger partial charge < -0.3 is 19.9 Å². The molecule has 2 aromatic rings. The summed E-state index contributed by atoms with van der Waals surface area (Å²) in [5.41, 5.74) is 8.15. The van der Waals surface area contributed by atoms with E-state index in [1.54, 1.807) is 14.2 Å². The average Bonchev–Trinajstić information content (AvgIpc) is 2.65. The summed E-state index contributed by atoms with van der Waals surface area (Å²) in [4.78, 5) is 11.3. The zero-order chi connectivity index (χ0) is 17.5. The van der Waals surface area contributed by atoms with Gasteiger partial charge in [0.05, 0.1) is 20.3 Å². The predicted octanol–water partition coefficient (Wildman–Crippen LogP) is 3.11. The molecule has 5 nitrogen and oxygen atoms in total. The summed E-state index contributed by atoms with van der Waals surface area (Å²) in [6.45, 7) is 1.91. The standard InChI is InChI=1S/C19H23NO4/c1-4-14(21)12-24-15-7-5-13(6-8-15)19(20)17-10-9-16(22-2)11-18(17)23-3/h5-11,19H,4,12,20H2,1-3H3. The number of rotatable bonds is 8. The molecule has 24 heavy (non-hydrogen) atoms. The van der Waals surface area contributed by atoms with Crippen LogP contribution < -0.4 is 19.9 Å². The number of benzene rings is 2. The number of ketones is 1. The van der Waals surface area contributed by atoms with E-state index in [4.69, 9.17) is 19.9 Å². The molecule has 0 saturated carbocycles. The normalized spacial score (nSPS) is 11.7. The molecule has 1 unspecified atom stereocenters. The molecule has 5 heteroatoms. The molecule has 0 saturated heterocycles. The van der Waals surface area contributed by atoms with Crippen molar-refractivity contribution in [1.29, 1.82) is 0 Å². The SMILES string of the molecule is CCC(=O)COc1ccc(C(N)c2ccc(OC)cc2OC)cc1. The Balaban J connectivity index is 2.15. The van der Waals surface area contributed by atoms with Crippen molar-refractivity contribution in [2.24, 2.45) is 5.73 Å². The van der Waals surface area contributed by atoms with Crippen LogP contribution in [0, 0.1) is 0 Å². The Morgan fingerprint density at radius 1 is 1.04 bits per heavy atom. The minimum Gasteiger partial charge on any atom is -0.497 e. The zero-order valence-corrected chi connectivity index (χ0v) is 14.2. The van der Waals surface area contributed by atoms with Crippen LogP contribution in [0.5, 0.6) is 17.2 Å². The van der Waals surface area contributed by atoms with Crippen molar-refractivity contribution in [2.75, 3.05) is 20.8 Å². The van der Waals surface area contributed by atoms with Gasteiger partial charge in [0.15, 0.2) is 5.78 Å². The summed E-state index contributed by atoms with van der Waals surface area (Å²) in [6.07, 6.45) is 0.472. The third-order valence-electron chi connectivity index (χ3n) is 3.81. The number of carbonyl (C=O) groups is 1. The quantitative estimate of drug-likeness (QED) is 0.806. The molecule has 0 amide bonds. The lowest BCUT2D eigenvalue weighted by atomic mass is 9.98. The van der Waals surface area contributed by atoms with E-state index in [0.717, 1.165) is 11.1 Å². The number of nitrogens with two attached hydrogens (primary N) is 1. The summed E-state index contributed by atoms with van der Waals surface area (Å²) in [5.74, 6) is 2.11. The molecule has 0 aromatic heterocycles. The second-order valence-electron chi connectivity index (χ2n) is 5.34. The Labute approximate surface area is 142 Å². The second-order valence-corrected chi connectivity index (χ2v) is 5.34. The lowest BCUT2D eigenvalue weighted by molar-refractivity contribution is -0.120. The molecule has 0 bridgehead atoms. The lowest BCUT2D eigenvalue weighted by Crippen LogP contribution is -2.13. The van der Waals surface area contributed by atoms with Crippen molar-refractivity contribution in [3.63, 3.8) is 0 Å². The molecule has 0 spiro atoms. The number of hydrogen-bond acceptors (Lipinski definition) is 5. The summed E-state index contributed by atoms with van der Waals surface area (Å²) >= 11 is 0. The van der Waals surface area contributed by atoms with Crippen molar-refractivity contribution in [3.05, 3.63) is 53.6 Å². The van der Waals surface area contributed by atoms with E-state index in [2.05, 4.69) is 0 Å². The van der Waals surface area contributed by atoms with Gasteiger partial charge in [0.1, 0.15) is 23.9 Å². The van der Waals surface area contributed by atoms with Crippen LogP contribution in [0.15, 0.2) is 42.5 Å². The van der Waals surface area contributed by atoms with Gasteiger partial charge in [-0.15, -0.1) is 0 Å². The topological polar surface area (TPSA) is 70.8 Å². The maximum Gasteiger partial charge on any atom is 0.169 e. The fourth-order valence-electron chi connectivity index (χ4n) is 2.29. The first-order chi connectivity index (χ1) is 11.6. The van der Waals surface area contributed by atoms with E-state index in [0.29, 0.717) is 23.7 Å². The third-order valence-corrected chi connectivity index (χ3v) is 3.81. The van der Waals surface area contributed by atoms with Gasteiger partial charge in [0, 0.05) is 18.1 Å². The Hall–Kier alpha value is -2.53. The van der Waals surface area contributed by atoms with E-state index in [9.17, 15) is 4.79 Å². The summed E-state index contributed by atoms with van der Waals surface area (Å²) in [6, 6.07) is 12.6. The van der Waals surface area contributed by atoms with Gasteiger partial charge in [-0.2, -0.15) is 0 Å². The minimum atomic E-state index is -0.336. The van der Waals surface area contributed by atoms with Gasteiger partial charge in [-0.3, -0.25) is 4.79 Å². The molecule has 2 aromatic carbocycles. The first kappa shape index (κ1) is 17.8. The van der Waals surface area contributed by atoms with Gasteiger partial charge in [-0.25, -0.2) is 0 Å². The Kier molecular flexibility index (Phi) is 6.21. The van der Waals surface area contributed by atoms with E-state index >= 15 is 0 Å². The molecule has 2 rings (SSSR count). The molecule has 0 aliphatic carbocycles. The largest absolute Gasteiger partial charge is 0.497 e. The van der Waals surface area contributed by atoms with Crippen LogP contribution in [-0.2, 0) is 4.79 Å². The molecule has 1 atom stereocenters. The fourth-order valence-corrected chi connectivity index (χ4v) is 2.29. The summed E-state index contributed by atoms with van der Waals surface area (Å²) < 4.78 is 16.1. The van der Waals surface area contributed by atoms with Crippen molar-refractivity contribution in [2.45, 2.75) is 19.4 Å². The van der Waals surface area contributed by atoms with Crippen LogP contribution in [0.3, 0.4) is 0 Å². The van der Waals surface area contributed by atoms with Crippen LogP contribution in [0.2, 0.25) is 0 Å². The van der Waals surface area contributed by atoms with Crippen molar-refractivity contribution in [1.82, 2.24) is 0 Å². The zero-order valence-electron chi connectivity index (χ0n) is 14.2. The molecular formula is C19H23NO4. The van der Waals surface area contributed by atoms with Crippen LogP contribution >= 0.6 is 0 Å². The third kappa shape index (κ3) is 4.26. The van der Waals surface area contributed by atoms with Gasteiger partial charge in [-0.1, -0.05) is 19.1 Å². The van der Waals surface area contributed by atoms with Crippen LogP contribution in [-0.4, -0.2) is 26.6 Å². The van der Waals surface area contributed by atoms with E-state index < -0.39 is 0 Å². The second kappa shape index (κ2) is 8.36. The van der Waals surface area contributed by atoms with Gasteiger partial charge in [0.2, 0.25) is 0 Å². The smallest absolute Gasteiger partial charge is 0.169 e. The summed E-state index contributed by atoms with van der Waals surface area (Å²) in [5, 5.41) is 0. The van der Waals surface area contributed by atoms with Gasteiger partial charge >= 0.3 is 0 Å². The highest BCUT2D eigenvalue weighted by Crippen LogP contribution is 2.32. The van der Waals surface area contributed by atoms with E-state index in [1.165, 1.54) is 0 Å². The van der Waals surface area contributed by atoms with Gasteiger partial charge in [0.25, 0.3) is 0 Å². The van der Waals surface area contributed by atoms with Crippen molar-refractivity contribution in [3.8, 4) is 17.2 Å². The molecule has 0 aliphatic rings. The number of carbonyl (C=O) groups excluding carboxylic acids is 1. The van der Waals surface area contributed by atoms with Crippen molar-refractivity contribution < 1.29 is 19.0 Å². The first-order valence-corrected chi connectivity index (χ1v) is 7.81. The molecule has 0 fully saturated rings. The number of methoxy groups -OCH3 is 2. The molecular weight excluding hydrogens is 306 g/mol. The summed E-state index contributed by atoms with van der Waals surface area (Å²) in [7, 11) is 3.21. The van der Waals surface area contributed by atoms with Gasteiger partial charge in [-0.05, 0) is 29.8 Å². The van der Waals surface area contributed by atoms with Crippen LogP contribution in [0.25, 0.3) is 0 Å². The Morgan fingerprint density at radius 3 is 2.29 bits per heavy atom. The Bertz CT molecular complexity index is 682. The highest BCUT2D eigenvalue weighted by molar-refractivity contribution is 5.79.